The van der Waals surface area contributed by atoms with Gasteiger partial charge in [0.15, 0.2) is 5.96 Å². The molecule has 0 amide bonds. The van der Waals surface area contributed by atoms with Gasteiger partial charge in [0.25, 0.3) is 0 Å². The minimum atomic E-state index is 0.505. The zero-order valence-corrected chi connectivity index (χ0v) is 13.5. The number of halogens is 2. The van der Waals surface area contributed by atoms with Crippen molar-refractivity contribution in [1.29, 1.82) is 0 Å². The van der Waals surface area contributed by atoms with Gasteiger partial charge in [-0.2, -0.15) is 0 Å². The van der Waals surface area contributed by atoms with E-state index < -0.39 is 0 Å². The van der Waals surface area contributed by atoms with Gasteiger partial charge in [-0.1, -0.05) is 47.5 Å². The second-order valence-corrected chi connectivity index (χ2v) is 6.15. The van der Waals surface area contributed by atoms with Crippen molar-refractivity contribution < 1.29 is 0 Å². The highest BCUT2D eigenvalue weighted by Gasteiger charge is 2.22. The maximum Gasteiger partial charge on any atom is 0.196 e. The lowest BCUT2D eigenvalue weighted by atomic mass is 10.2. The lowest BCUT2D eigenvalue weighted by Crippen LogP contribution is -2.32. The van der Waals surface area contributed by atoms with Crippen molar-refractivity contribution in [2.45, 2.75) is 25.4 Å². The molecule has 1 aliphatic rings. The highest BCUT2D eigenvalue weighted by Crippen LogP contribution is 2.22. The fourth-order valence-electron chi connectivity index (χ4n) is 2.01. The molecule has 0 aliphatic heterocycles. The first-order chi connectivity index (χ1) is 10.7. The molecule has 22 heavy (non-hydrogen) atoms. The average Bonchev–Trinajstić information content (AvgIpc) is 3.31. The number of hydrogen-bond donors (Lipinski definition) is 2. The second kappa shape index (κ2) is 7.03. The smallest absolute Gasteiger partial charge is 0.196 e. The molecule has 0 heterocycles. The average molecular weight is 334 g/mol. The van der Waals surface area contributed by atoms with E-state index in [0.717, 1.165) is 17.2 Å². The minimum absolute atomic E-state index is 0.505. The molecule has 0 bridgehead atoms. The molecule has 3 rings (SSSR count). The number of benzene rings is 2. The zero-order chi connectivity index (χ0) is 15.4. The molecular weight excluding hydrogens is 317 g/mol. The van der Waals surface area contributed by atoms with E-state index in [0.29, 0.717) is 22.6 Å². The molecule has 0 radical (unpaired) electrons. The van der Waals surface area contributed by atoms with Crippen LogP contribution in [0.15, 0.2) is 53.5 Å². The Morgan fingerprint density at radius 1 is 1.09 bits per heavy atom. The van der Waals surface area contributed by atoms with Crippen molar-refractivity contribution in [3.05, 3.63) is 64.1 Å². The van der Waals surface area contributed by atoms with Gasteiger partial charge in [-0.15, -0.1) is 0 Å². The van der Waals surface area contributed by atoms with Crippen molar-refractivity contribution in [3.8, 4) is 0 Å². The topological polar surface area (TPSA) is 36.4 Å². The Kier molecular flexibility index (Phi) is 4.86. The third kappa shape index (κ3) is 4.39. The second-order valence-electron chi connectivity index (χ2n) is 5.31. The van der Waals surface area contributed by atoms with Gasteiger partial charge in [-0.25, -0.2) is 4.99 Å². The predicted molar refractivity (Wildman–Crippen MR) is 93.8 cm³/mol. The van der Waals surface area contributed by atoms with E-state index >= 15 is 0 Å². The number of hydrogen-bond acceptors (Lipinski definition) is 1. The van der Waals surface area contributed by atoms with Gasteiger partial charge < -0.3 is 10.6 Å². The summed E-state index contributed by atoms with van der Waals surface area (Å²) in [5, 5.41) is 8.01. The van der Waals surface area contributed by atoms with Gasteiger partial charge in [0.1, 0.15) is 0 Å². The normalized spacial score (nSPS) is 14.7. The fourth-order valence-corrected chi connectivity index (χ4v) is 2.48. The molecule has 0 spiro atoms. The van der Waals surface area contributed by atoms with E-state index in [1.165, 1.54) is 12.8 Å². The lowest BCUT2D eigenvalue weighted by molar-refractivity contribution is 0.886. The highest BCUT2D eigenvalue weighted by atomic mass is 35.5. The first-order valence-electron chi connectivity index (χ1n) is 7.28. The van der Waals surface area contributed by atoms with Crippen molar-refractivity contribution in [1.82, 2.24) is 5.32 Å². The lowest BCUT2D eigenvalue weighted by Gasteiger charge is -2.12. The van der Waals surface area contributed by atoms with Gasteiger partial charge in [0.2, 0.25) is 0 Å². The van der Waals surface area contributed by atoms with Gasteiger partial charge in [0.05, 0.1) is 6.54 Å². The molecule has 2 aromatic carbocycles. The van der Waals surface area contributed by atoms with E-state index in [-0.39, 0.29) is 0 Å². The standard InChI is InChI=1S/C17H17Cl2N3/c18-13-7-6-12(16(19)10-13)11-20-17(22-15-8-9-15)21-14-4-2-1-3-5-14/h1-7,10,15H,8-9,11H2,(H2,20,21,22). The van der Waals surface area contributed by atoms with Crippen molar-refractivity contribution in [3.63, 3.8) is 0 Å². The molecule has 0 saturated heterocycles. The number of guanidine groups is 1. The summed E-state index contributed by atoms with van der Waals surface area (Å²) in [6.07, 6.45) is 2.38. The third-order valence-corrected chi connectivity index (χ3v) is 3.96. The van der Waals surface area contributed by atoms with Crippen LogP contribution in [0.1, 0.15) is 18.4 Å². The number of para-hydroxylation sites is 1. The number of nitrogens with one attached hydrogen (secondary N) is 2. The van der Waals surface area contributed by atoms with Gasteiger partial charge in [-0.05, 0) is 42.7 Å². The maximum absolute atomic E-state index is 6.20. The van der Waals surface area contributed by atoms with Crippen molar-refractivity contribution in [2.24, 2.45) is 4.99 Å². The number of aliphatic imine (C=N–C) groups is 1. The van der Waals surface area contributed by atoms with Crippen LogP contribution in [0, 0.1) is 0 Å². The summed E-state index contributed by atoms with van der Waals surface area (Å²) in [5.74, 6) is 0.778. The Balaban J connectivity index is 1.73. The quantitative estimate of drug-likeness (QED) is 0.627. The van der Waals surface area contributed by atoms with Crippen LogP contribution in [-0.2, 0) is 6.54 Å². The van der Waals surface area contributed by atoms with Crippen LogP contribution in [0.25, 0.3) is 0 Å². The molecule has 114 valence electrons. The zero-order valence-electron chi connectivity index (χ0n) is 12.0. The third-order valence-electron chi connectivity index (χ3n) is 3.38. The van der Waals surface area contributed by atoms with Crippen molar-refractivity contribution >= 4 is 34.8 Å². The first kappa shape index (κ1) is 15.2. The van der Waals surface area contributed by atoms with E-state index in [2.05, 4.69) is 15.6 Å². The Bertz CT molecular complexity index is 667. The largest absolute Gasteiger partial charge is 0.353 e. The van der Waals surface area contributed by atoms with E-state index in [4.69, 9.17) is 23.2 Å². The molecule has 2 aromatic rings. The summed E-state index contributed by atoms with van der Waals surface area (Å²) in [6, 6.07) is 16.0. The Labute approximate surface area is 140 Å². The molecule has 2 N–H and O–H groups in total. The molecule has 1 saturated carbocycles. The minimum Gasteiger partial charge on any atom is -0.353 e. The number of rotatable bonds is 4. The van der Waals surface area contributed by atoms with E-state index in [1.807, 2.05) is 42.5 Å². The summed E-state index contributed by atoms with van der Waals surface area (Å²) in [7, 11) is 0. The monoisotopic (exact) mass is 333 g/mol. The van der Waals surface area contributed by atoms with Crippen LogP contribution in [0.5, 0.6) is 0 Å². The maximum atomic E-state index is 6.20. The molecule has 1 fully saturated rings. The predicted octanol–water partition coefficient (Wildman–Crippen LogP) is 4.71. The van der Waals surface area contributed by atoms with Gasteiger partial charge in [-0.3, -0.25) is 0 Å². The van der Waals surface area contributed by atoms with Crippen LogP contribution in [0.2, 0.25) is 10.0 Å². The van der Waals surface area contributed by atoms with Crippen molar-refractivity contribution in [2.75, 3.05) is 5.32 Å². The van der Waals surface area contributed by atoms with Crippen LogP contribution >= 0.6 is 23.2 Å². The van der Waals surface area contributed by atoms with Crippen LogP contribution < -0.4 is 10.6 Å². The van der Waals surface area contributed by atoms with Gasteiger partial charge >= 0.3 is 0 Å². The van der Waals surface area contributed by atoms with Gasteiger partial charge in [0, 0.05) is 21.8 Å². The fraction of sp³-hybridized carbons (Fsp3) is 0.235. The molecule has 5 heteroatoms. The molecule has 0 unspecified atom stereocenters. The SMILES string of the molecule is Clc1ccc(CN=C(Nc2ccccc2)NC2CC2)c(Cl)c1. The summed E-state index contributed by atoms with van der Waals surface area (Å²) >= 11 is 12.1. The number of nitrogens with zero attached hydrogens (tertiary/aromatic N) is 1. The summed E-state index contributed by atoms with van der Waals surface area (Å²) < 4.78 is 0. The van der Waals surface area contributed by atoms with E-state index in [1.54, 1.807) is 6.07 Å². The summed E-state index contributed by atoms with van der Waals surface area (Å²) in [4.78, 5) is 4.63. The Hall–Kier alpha value is -1.71. The molecule has 3 nitrogen and oxygen atoms in total. The Morgan fingerprint density at radius 3 is 2.55 bits per heavy atom. The summed E-state index contributed by atoms with van der Waals surface area (Å²) in [5.41, 5.74) is 1.97. The van der Waals surface area contributed by atoms with Crippen LogP contribution in [0.3, 0.4) is 0 Å². The molecular formula is C17H17Cl2N3. The van der Waals surface area contributed by atoms with Crippen LogP contribution in [-0.4, -0.2) is 12.0 Å². The molecule has 0 aromatic heterocycles. The summed E-state index contributed by atoms with van der Waals surface area (Å²) in [6.45, 7) is 0.505. The number of anilines is 1. The van der Waals surface area contributed by atoms with Crippen LogP contribution in [0.4, 0.5) is 5.69 Å². The molecule has 1 aliphatic carbocycles. The Morgan fingerprint density at radius 2 is 1.86 bits per heavy atom. The molecule has 0 atom stereocenters. The first-order valence-corrected chi connectivity index (χ1v) is 8.03. The highest BCUT2D eigenvalue weighted by molar-refractivity contribution is 6.35. The van der Waals surface area contributed by atoms with E-state index in [9.17, 15) is 0 Å².